The van der Waals surface area contributed by atoms with Crippen LogP contribution in [0.3, 0.4) is 0 Å². The second kappa shape index (κ2) is 21.1. The molecule has 0 spiro atoms. The molecule has 318 valence electrons. The van der Waals surface area contributed by atoms with Crippen LogP contribution in [0.1, 0.15) is 33.6 Å². The van der Waals surface area contributed by atoms with Crippen molar-refractivity contribution >= 4 is 41.0 Å². The van der Waals surface area contributed by atoms with E-state index in [0.717, 1.165) is 56.3 Å². The Bertz CT molecular complexity index is 2290. The molecule has 17 nitrogen and oxygen atoms in total. The smallest absolute Gasteiger partial charge is 0.335 e. The lowest BCUT2D eigenvalue weighted by molar-refractivity contribution is -0.165. The number of hydrogen-bond acceptors (Lipinski definition) is 9. The van der Waals surface area contributed by atoms with Crippen molar-refractivity contribution in [3.8, 4) is 22.5 Å². The number of rotatable bonds is 9. The van der Waals surface area contributed by atoms with Gasteiger partial charge in [0.15, 0.2) is 18.2 Å². The van der Waals surface area contributed by atoms with E-state index in [2.05, 4.69) is 73.8 Å². The number of carbonyl (C=O) groups excluding carboxylic acids is 2. The number of aryl methyl sites for hydroxylation is 4. The number of hydrogen-bond donors (Lipinski definition) is 7. The third-order valence-electron chi connectivity index (χ3n) is 8.82. The van der Waals surface area contributed by atoms with Crippen LogP contribution in [0.25, 0.3) is 33.8 Å². The van der Waals surface area contributed by atoms with E-state index in [-0.39, 0.29) is 17.8 Å². The minimum Gasteiger partial charge on any atom is -0.479 e. The lowest BCUT2D eigenvalue weighted by Gasteiger charge is -2.11. The lowest BCUT2D eigenvalue weighted by atomic mass is 10.1. The van der Waals surface area contributed by atoms with E-state index in [0.29, 0.717) is 12.8 Å². The number of carbonyl (C=O) groups is 4. The third-order valence-corrected chi connectivity index (χ3v) is 8.82. The zero-order valence-electron chi connectivity index (χ0n) is 34.9. The lowest BCUT2D eigenvalue weighted by Crippen LogP contribution is -2.39. The van der Waals surface area contributed by atoms with Gasteiger partial charge in [0.1, 0.15) is 11.3 Å². The number of guanidine groups is 1. The van der Waals surface area contributed by atoms with Crippen molar-refractivity contribution < 1.29 is 39.6 Å². The number of aliphatic hydroxyl groups is 2. The van der Waals surface area contributed by atoms with Crippen LogP contribution in [0.4, 0.5) is 0 Å². The number of pyridine rings is 2. The number of nitrogens with two attached hydrogens (primary N) is 2. The van der Waals surface area contributed by atoms with Gasteiger partial charge in [-0.2, -0.15) is 0 Å². The molecule has 0 aliphatic carbocycles. The molecule has 6 aromatic rings. The number of likely N-dealkylation sites (N-methyl/N-ethyl adjacent to an activating group) is 2. The quantitative estimate of drug-likeness (QED) is 0.0819. The largest absolute Gasteiger partial charge is 0.479 e. The number of benzene rings is 2. The van der Waals surface area contributed by atoms with Gasteiger partial charge in [-0.1, -0.05) is 71.8 Å². The van der Waals surface area contributed by atoms with Gasteiger partial charge in [0.05, 0.1) is 35.6 Å². The molecule has 0 saturated carbocycles. The number of nitrogens with one attached hydrogen (secondary N) is 1. The zero-order valence-corrected chi connectivity index (χ0v) is 34.9. The molecule has 9 N–H and O–H groups in total. The van der Waals surface area contributed by atoms with Gasteiger partial charge in [0.2, 0.25) is 11.8 Å². The molecule has 17 heteroatoms. The Morgan fingerprint density at radius 3 is 1.13 bits per heavy atom. The van der Waals surface area contributed by atoms with Crippen molar-refractivity contribution in [2.45, 2.75) is 52.7 Å². The van der Waals surface area contributed by atoms with Crippen molar-refractivity contribution in [1.82, 2.24) is 28.6 Å². The first-order valence-corrected chi connectivity index (χ1v) is 18.5. The summed E-state index contributed by atoms with van der Waals surface area (Å²) in [6.45, 7) is 8.21. The summed E-state index contributed by atoms with van der Waals surface area (Å²) >= 11 is 0. The van der Waals surface area contributed by atoms with Crippen LogP contribution in [0.5, 0.6) is 0 Å². The maximum absolute atomic E-state index is 12.3. The summed E-state index contributed by atoms with van der Waals surface area (Å²) in [6.07, 6.45) is 0.216. The van der Waals surface area contributed by atoms with E-state index in [9.17, 15) is 19.2 Å². The first-order valence-electron chi connectivity index (χ1n) is 18.5. The summed E-state index contributed by atoms with van der Waals surface area (Å²) in [5, 5.41) is 38.6. The topological polar surface area (TPSA) is 266 Å². The Kier molecular flexibility index (Phi) is 16.6. The maximum Gasteiger partial charge on any atom is 0.335 e. The van der Waals surface area contributed by atoms with Crippen LogP contribution in [0, 0.1) is 33.1 Å². The second-order valence-electron chi connectivity index (χ2n) is 14.4. The molecule has 0 aliphatic rings. The van der Waals surface area contributed by atoms with Gasteiger partial charge < -0.3 is 50.5 Å². The standard InChI is InChI=1S/2C19H21N3O.C4H6O6.CH5N3/c2*1-13-5-8-15(9-6-13)19-16(11-18(23)21(3)4)22-12-14(2)7-10-17(22)20-19;5-1(3(7)8)2(6)4(9)10;2-1(3)4/h2*5-10,12H,11H2,1-4H3;1-2,5-6H,(H,7,8)(H,9,10);(H5,2,3,4). The van der Waals surface area contributed by atoms with E-state index < -0.39 is 24.1 Å². The van der Waals surface area contributed by atoms with E-state index in [1.165, 1.54) is 11.1 Å². The highest BCUT2D eigenvalue weighted by molar-refractivity contribution is 5.83. The summed E-state index contributed by atoms with van der Waals surface area (Å²) in [7, 11) is 7.12. The number of amides is 2. The average Bonchev–Trinajstić information content (AvgIpc) is 3.71. The highest BCUT2D eigenvalue weighted by Gasteiger charge is 2.29. The minimum atomic E-state index is -2.27. The first-order chi connectivity index (χ1) is 28.1. The van der Waals surface area contributed by atoms with E-state index in [4.69, 9.17) is 35.8 Å². The van der Waals surface area contributed by atoms with Gasteiger partial charge in [-0.05, 0) is 51.0 Å². The van der Waals surface area contributed by atoms with Crippen molar-refractivity contribution in [1.29, 1.82) is 5.41 Å². The second-order valence-corrected chi connectivity index (χ2v) is 14.4. The number of fused-ring (bicyclic) bond motifs is 2. The van der Waals surface area contributed by atoms with Crippen molar-refractivity contribution in [2.75, 3.05) is 28.2 Å². The highest BCUT2D eigenvalue weighted by Crippen LogP contribution is 2.27. The molecule has 0 saturated heterocycles. The molecule has 0 bridgehead atoms. The number of carboxylic acid groups (broad SMARTS) is 2. The summed E-state index contributed by atoms with van der Waals surface area (Å²) < 4.78 is 4.07. The Labute approximate surface area is 347 Å². The normalized spacial score (nSPS) is 11.4. The SMILES string of the molecule is Cc1ccc(-c2nc3ccc(C)cn3c2CC(=O)N(C)C)cc1.Cc1ccc(-c2nc3ccc(C)cn3c2CC(=O)N(C)C)cc1.N=C(N)N.O=C(O)C(O)C(O)C(=O)O. The zero-order chi connectivity index (χ0) is 45.0. The van der Waals surface area contributed by atoms with E-state index in [1.54, 1.807) is 38.0 Å². The van der Waals surface area contributed by atoms with Crippen LogP contribution in [-0.4, -0.2) is 119 Å². The average molecular weight is 824 g/mol. The fraction of sp³-hybridized carbons (Fsp3) is 0.279. The fourth-order valence-corrected chi connectivity index (χ4v) is 5.49. The molecular weight excluding hydrogens is 771 g/mol. The van der Waals surface area contributed by atoms with E-state index in [1.807, 2.05) is 59.3 Å². The monoisotopic (exact) mass is 823 g/mol. The van der Waals surface area contributed by atoms with Crippen molar-refractivity contribution in [3.05, 3.63) is 119 Å². The van der Waals surface area contributed by atoms with Gasteiger partial charge in [0, 0.05) is 51.7 Å². The highest BCUT2D eigenvalue weighted by atomic mass is 16.4. The minimum absolute atomic E-state index is 0.0710. The van der Waals surface area contributed by atoms with Crippen molar-refractivity contribution in [2.24, 2.45) is 11.5 Å². The van der Waals surface area contributed by atoms with Gasteiger partial charge in [-0.3, -0.25) is 15.0 Å². The molecular formula is C43H53N9O8. The molecule has 2 unspecified atom stereocenters. The molecule has 4 heterocycles. The van der Waals surface area contributed by atoms with Crippen LogP contribution in [0.2, 0.25) is 0 Å². The molecule has 60 heavy (non-hydrogen) atoms. The number of nitrogens with zero attached hydrogens (tertiary/aromatic N) is 6. The molecule has 4 aromatic heterocycles. The van der Waals surface area contributed by atoms with E-state index >= 15 is 0 Å². The molecule has 0 aliphatic heterocycles. The fourth-order valence-electron chi connectivity index (χ4n) is 5.49. The molecule has 0 radical (unpaired) electrons. The summed E-state index contributed by atoms with van der Waals surface area (Å²) in [5.41, 5.74) is 21.1. The number of carboxylic acids is 2. The van der Waals surface area contributed by atoms with Crippen LogP contribution in [0.15, 0.2) is 85.2 Å². The molecule has 2 aromatic carbocycles. The number of aliphatic carboxylic acids is 2. The van der Waals surface area contributed by atoms with Crippen LogP contribution in [-0.2, 0) is 32.0 Å². The number of imidazole rings is 2. The summed E-state index contributed by atoms with van der Waals surface area (Å²) in [5.74, 6) is -3.73. The molecule has 2 amide bonds. The predicted molar refractivity (Wildman–Crippen MR) is 228 cm³/mol. The Morgan fingerprint density at radius 1 is 0.583 bits per heavy atom. The third kappa shape index (κ3) is 13.0. The Balaban J connectivity index is 0.000000246. The number of aliphatic hydroxyl groups excluding tert-OH is 2. The van der Waals surface area contributed by atoms with Gasteiger partial charge >= 0.3 is 11.9 Å². The van der Waals surface area contributed by atoms with Gasteiger partial charge in [-0.25, -0.2) is 19.6 Å². The number of aromatic nitrogens is 4. The Hall–Kier alpha value is -7.11. The summed E-state index contributed by atoms with van der Waals surface area (Å²) in [6, 6.07) is 24.6. The van der Waals surface area contributed by atoms with Crippen molar-refractivity contribution in [3.63, 3.8) is 0 Å². The molecule has 2 atom stereocenters. The predicted octanol–water partition coefficient (Wildman–Crippen LogP) is 3.21. The Morgan fingerprint density at radius 2 is 0.867 bits per heavy atom. The molecule has 0 fully saturated rings. The van der Waals surface area contributed by atoms with Crippen LogP contribution < -0.4 is 11.5 Å². The first kappa shape index (κ1) is 47.3. The summed E-state index contributed by atoms with van der Waals surface area (Å²) in [4.78, 5) is 56.8. The van der Waals surface area contributed by atoms with Gasteiger partial charge in [-0.15, -0.1) is 0 Å². The molecule has 6 rings (SSSR count). The maximum atomic E-state index is 12.3. The van der Waals surface area contributed by atoms with Gasteiger partial charge in [0.25, 0.3) is 0 Å². The van der Waals surface area contributed by atoms with Crippen LogP contribution >= 0.6 is 0 Å².